The summed E-state index contributed by atoms with van der Waals surface area (Å²) in [6.07, 6.45) is 0.957. The minimum Gasteiger partial charge on any atom is -0.497 e. The first-order valence-corrected chi connectivity index (χ1v) is 6.99. The number of nitrogens with one attached hydrogen (secondary N) is 1. The Kier molecular flexibility index (Phi) is 4.73. The van der Waals surface area contributed by atoms with Crippen LogP contribution < -0.4 is 10.1 Å². The van der Waals surface area contributed by atoms with Gasteiger partial charge >= 0.3 is 0 Å². The molecule has 0 amide bonds. The molecule has 0 radical (unpaired) electrons. The van der Waals surface area contributed by atoms with Crippen molar-refractivity contribution in [1.82, 2.24) is 9.97 Å². The van der Waals surface area contributed by atoms with Crippen LogP contribution in [-0.4, -0.2) is 23.6 Å². The van der Waals surface area contributed by atoms with Crippen LogP contribution in [0.3, 0.4) is 0 Å². The van der Waals surface area contributed by atoms with Crippen LogP contribution in [0.5, 0.6) is 5.75 Å². The van der Waals surface area contributed by atoms with E-state index in [1.54, 1.807) is 12.1 Å². The number of benzene rings is 1. The molecule has 0 aliphatic heterocycles. The van der Waals surface area contributed by atoms with Crippen LogP contribution in [0.15, 0.2) is 18.2 Å². The predicted molar refractivity (Wildman–Crippen MR) is 82.2 cm³/mol. The fraction of sp³-hybridized carbons (Fsp3) is 0.375. The van der Waals surface area contributed by atoms with Crippen molar-refractivity contribution < 1.29 is 9.13 Å². The van der Waals surface area contributed by atoms with Crippen LogP contribution in [0.1, 0.15) is 24.7 Å². The zero-order chi connectivity index (χ0) is 15.4. The summed E-state index contributed by atoms with van der Waals surface area (Å²) in [5.41, 5.74) is 2.59. The molecular weight excluding hydrogens is 269 g/mol. The quantitative estimate of drug-likeness (QED) is 0.911. The lowest BCUT2D eigenvalue weighted by Crippen LogP contribution is -2.08. The zero-order valence-electron chi connectivity index (χ0n) is 12.8. The minimum atomic E-state index is -0.369. The number of methoxy groups -OCH3 is 1. The molecule has 0 saturated heterocycles. The second-order valence-electron chi connectivity index (χ2n) is 4.86. The van der Waals surface area contributed by atoms with Gasteiger partial charge < -0.3 is 10.1 Å². The number of halogens is 1. The van der Waals surface area contributed by atoms with E-state index in [9.17, 15) is 4.39 Å². The summed E-state index contributed by atoms with van der Waals surface area (Å²) in [5.74, 6) is 0.728. The second kappa shape index (κ2) is 6.52. The molecule has 4 nitrogen and oxygen atoms in total. The Hall–Kier alpha value is -2.17. The molecule has 0 aliphatic carbocycles. The lowest BCUT2D eigenvalue weighted by Gasteiger charge is -2.13. The molecule has 0 unspecified atom stereocenters. The molecule has 0 spiro atoms. The summed E-state index contributed by atoms with van der Waals surface area (Å²) in [6, 6.07) is 4.75. The molecule has 0 saturated carbocycles. The molecule has 0 aliphatic rings. The predicted octanol–water partition coefficient (Wildman–Crippen LogP) is 3.73. The largest absolute Gasteiger partial charge is 0.497 e. The number of rotatable bonds is 5. The van der Waals surface area contributed by atoms with E-state index in [0.717, 1.165) is 24.4 Å². The smallest absolute Gasteiger partial charge is 0.153 e. The van der Waals surface area contributed by atoms with Crippen molar-refractivity contribution in [3.05, 3.63) is 35.4 Å². The molecule has 2 aromatic rings. The number of aryl methyl sites for hydroxylation is 2. The van der Waals surface area contributed by atoms with Gasteiger partial charge in [-0.3, -0.25) is 0 Å². The third-order valence-electron chi connectivity index (χ3n) is 3.28. The lowest BCUT2D eigenvalue weighted by atomic mass is 10.1. The van der Waals surface area contributed by atoms with Gasteiger partial charge in [-0.1, -0.05) is 6.92 Å². The van der Waals surface area contributed by atoms with Crippen LogP contribution in [0.4, 0.5) is 10.2 Å². The maximum atomic E-state index is 14.3. The van der Waals surface area contributed by atoms with E-state index in [1.807, 2.05) is 13.8 Å². The summed E-state index contributed by atoms with van der Waals surface area (Å²) in [7, 11) is 1.51. The highest BCUT2D eigenvalue weighted by Gasteiger charge is 2.15. The molecule has 0 fully saturated rings. The van der Waals surface area contributed by atoms with Crippen molar-refractivity contribution in [3.8, 4) is 17.0 Å². The molecule has 2 rings (SSSR count). The molecule has 0 bridgehead atoms. The van der Waals surface area contributed by atoms with Crippen molar-refractivity contribution in [2.24, 2.45) is 0 Å². The van der Waals surface area contributed by atoms with Gasteiger partial charge in [-0.2, -0.15) is 0 Å². The minimum absolute atomic E-state index is 0.369. The Balaban J connectivity index is 2.53. The average molecular weight is 289 g/mol. The molecule has 112 valence electrons. The van der Waals surface area contributed by atoms with Gasteiger partial charge in [0.15, 0.2) is 5.82 Å². The standard InChI is InChI=1S/C16H20FN3O/c1-5-8-18-16-15(19-10(2)11(3)20-16)13-7-6-12(21-4)9-14(13)17/h6-7,9H,5,8H2,1-4H3,(H,18,20). The van der Waals surface area contributed by atoms with Gasteiger partial charge in [0.1, 0.15) is 17.3 Å². The van der Waals surface area contributed by atoms with Gasteiger partial charge in [-0.05, 0) is 32.4 Å². The number of aromatic nitrogens is 2. The molecule has 1 heterocycles. The summed E-state index contributed by atoms with van der Waals surface area (Å²) in [5, 5.41) is 3.21. The molecule has 5 heteroatoms. The van der Waals surface area contributed by atoms with Crippen LogP contribution in [0.25, 0.3) is 11.3 Å². The van der Waals surface area contributed by atoms with Crippen molar-refractivity contribution in [1.29, 1.82) is 0 Å². The number of ether oxygens (including phenoxy) is 1. The first-order chi connectivity index (χ1) is 10.1. The fourth-order valence-corrected chi connectivity index (χ4v) is 1.97. The van der Waals surface area contributed by atoms with E-state index in [1.165, 1.54) is 13.2 Å². The highest BCUT2D eigenvalue weighted by atomic mass is 19.1. The van der Waals surface area contributed by atoms with Crippen LogP contribution in [0.2, 0.25) is 0 Å². The van der Waals surface area contributed by atoms with Crippen LogP contribution in [-0.2, 0) is 0 Å². The Morgan fingerprint density at radius 3 is 2.52 bits per heavy atom. The zero-order valence-corrected chi connectivity index (χ0v) is 12.8. The summed E-state index contributed by atoms with van der Waals surface area (Å²) < 4.78 is 19.3. The average Bonchev–Trinajstić information content (AvgIpc) is 2.48. The van der Waals surface area contributed by atoms with Gasteiger partial charge in [0.25, 0.3) is 0 Å². The molecule has 0 atom stereocenters. The highest BCUT2D eigenvalue weighted by molar-refractivity contribution is 5.72. The van der Waals surface area contributed by atoms with Crippen LogP contribution >= 0.6 is 0 Å². The molecule has 1 N–H and O–H groups in total. The van der Waals surface area contributed by atoms with E-state index < -0.39 is 0 Å². The SMILES string of the molecule is CCCNc1nc(C)c(C)nc1-c1ccc(OC)cc1F. The second-order valence-corrected chi connectivity index (χ2v) is 4.86. The van der Waals surface area contributed by atoms with Crippen molar-refractivity contribution in [2.45, 2.75) is 27.2 Å². The topological polar surface area (TPSA) is 47.0 Å². The number of anilines is 1. The Morgan fingerprint density at radius 1 is 1.19 bits per heavy atom. The molecule has 21 heavy (non-hydrogen) atoms. The van der Waals surface area contributed by atoms with E-state index in [4.69, 9.17) is 4.74 Å². The maximum absolute atomic E-state index is 14.3. The first-order valence-electron chi connectivity index (χ1n) is 6.99. The number of hydrogen-bond acceptors (Lipinski definition) is 4. The van der Waals surface area contributed by atoms with Crippen molar-refractivity contribution in [3.63, 3.8) is 0 Å². The summed E-state index contributed by atoms with van der Waals surface area (Å²) in [4.78, 5) is 9.01. The van der Waals surface area contributed by atoms with Crippen molar-refractivity contribution in [2.75, 3.05) is 19.0 Å². The highest BCUT2D eigenvalue weighted by Crippen LogP contribution is 2.30. The van der Waals surface area contributed by atoms with Gasteiger partial charge in [0.2, 0.25) is 0 Å². The van der Waals surface area contributed by atoms with E-state index in [2.05, 4.69) is 22.2 Å². The van der Waals surface area contributed by atoms with E-state index in [-0.39, 0.29) is 5.82 Å². The number of hydrogen-bond donors (Lipinski definition) is 1. The monoisotopic (exact) mass is 289 g/mol. The van der Waals surface area contributed by atoms with Gasteiger partial charge in [0, 0.05) is 18.2 Å². The summed E-state index contributed by atoms with van der Waals surface area (Å²) in [6.45, 7) is 6.60. The first kappa shape index (κ1) is 15.2. The fourth-order valence-electron chi connectivity index (χ4n) is 1.97. The number of nitrogens with zero attached hydrogens (tertiary/aromatic N) is 2. The van der Waals surface area contributed by atoms with Gasteiger partial charge in [-0.25, -0.2) is 14.4 Å². The molecule has 1 aromatic heterocycles. The Labute approximate surface area is 124 Å². The lowest BCUT2D eigenvalue weighted by molar-refractivity contribution is 0.411. The molecular formula is C16H20FN3O. The van der Waals surface area contributed by atoms with Crippen molar-refractivity contribution >= 4 is 5.82 Å². The van der Waals surface area contributed by atoms with Gasteiger partial charge in [-0.15, -0.1) is 0 Å². The van der Waals surface area contributed by atoms with E-state index >= 15 is 0 Å². The third-order valence-corrected chi connectivity index (χ3v) is 3.28. The van der Waals surface area contributed by atoms with Gasteiger partial charge in [0.05, 0.1) is 18.5 Å². The van der Waals surface area contributed by atoms with Crippen LogP contribution in [0, 0.1) is 19.7 Å². The normalized spacial score (nSPS) is 10.5. The molecule has 1 aromatic carbocycles. The maximum Gasteiger partial charge on any atom is 0.153 e. The van der Waals surface area contributed by atoms with E-state index in [0.29, 0.717) is 22.8 Å². The summed E-state index contributed by atoms with van der Waals surface area (Å²) >= 11 is 0. The Bertz CT molecular complexity index is 644. The Morgan fingerprint density at radius 2 is 1.90 bits per heavy atom. The third kappa shape index (κ3) is 3.29.